The van der Waals surface area contributed by atoms with Crippen LogP contribution in [-0.2, 0) is 0 Å². The smallest absolute Gasteiger partial charge is 0.127 e. The maximum atomic E-state index is 6.71. The molecule has 3 nitrogen and oxygen atoms in total. The molecule has 0 saturated carbocycles. The van der Waals surface area contributed by atoms with Crippen molar-refractivity contribution in [2.24, 2.45) is 11.7 Å². The third kappa shape index (κ3) is 2.89. The maximum absolute atomic E-state index is 6.71. The Kier molecular flexibility index (Phi) is 4.21. The molecule has 2 aliphatic heterocycles. The molecular weight excluding hydrogens is 272 g/mol. The zero-order valence-electron chi connectivity index (χ0n) is 14.5. The molecule has 2 N–H and O–H groups in total. The van der Waals surface area contributed by atoms with Crippen LogP contribution in [-0.4, -0.2) is 30.1 Å². The zero-order valence-corrected chi connectivity index (χ0v) is 14.5. The SMILES string of the molecule is Cc1cc(C)c2c(c1)C(N)C(CN1CCCCC1)C(C)(C)O2. The molecule has 3 rings (SSSR count). The molecule has 1 saturated heterocycles. The first-order valence-corrected chi connectivity index (χ1v) is 8.66. The van der Waals surface area contributed by atoms with Crippen LogP contribution < -0.4 is 10.5 Å². The van der Waals surface area contributed by atoms with E-state index < -0.39 is 0 Å². The highest BCUT2D eigenvalue weighted by atomic mass is 16.5. The van der Waals surface area contributed by atoms with Crippen molar-refractivity contribution in [3.05, 3.63) is 28.8 Å². The molecule has 0 radical (unpaired) electrons. The van der Waals surface area contributed by atoms with Gasteiger partial charge in [0.05, 0.1) is 0 Å². The summed E-state index contributed by atoms with van der Waals surface area (Å²) in [6, 6.07) is 4.46. The summed E-state index contributed by atoms with van der Waals surface area (Å²) in [7, 11) is 0. The monoisotopic (exact) mass is 302 g/mol. The summed E-state index contributed by atoms with van der Waals surface area (Å²) in [5.41, 5.74) is 10.2. The maximum Gasteiger partial charge on any atom is 0.127 e. The number of benzene rings is 1. The molecule has 0 aromatic heterocycles. The summed E-state index contributed by atoms with van der Waals surface area (Å²) < 4.78 is 6.42. The molecular formula is C19H30N2O. The van der Waals surface area contributed by atoms with Crippen molar-refractivity contribution < 1.29 is 4.74 Å². The van der Waals surface area contributed by atoms with Crippen molar-refractivity contribution in [2.75, 3.05) is 19.6 Å². The molecule has 1 fully saturated rings. The van der Waals surface area contributed by atoms with Crippen LogP contribution in [0.2, 0.25) is 0 Å². The van der Waals surface area contributed by atoms with Gasteiger partial charge in [-0.05, 0) is 59.2 Å². The number of hydrogen-bond donors (Lipinski definition) is 1. The van der Waals surface area contributed by atoms with E-state index in [9.17, 15) is 0 Å². The van der Waals surface area contributed by atoms with E-state index in [0.29, 0.717) is 5.92 Å². The Balaban J connectivity index is 1.90. The lowest BCUT2D eigenvalue weighted by Gasteiger charge is -2.46. The highest BCUT2D eigenvalue weighted by Gasteiger charge is 2.43. The molecule has 0 aliphatic carbocycles. The Bertz CT molecular complexity index is 547. The minimum absolute atomic E-state index is 0.0549. The van der Waals surface area contributed by atoms with Gasteiger partial charge in [0.15, 0.2) is 0 Å². The molecule has 0 bridgehead atoms. The number of likely N-dealkylation sites (tertiary alicyclic amines) is 1. The van der Waals surface area contributed by atoms with Crippen LogP contribution in [0, 0.1) is 19.8 Å². The van der Waals surface area contributed by atoms with Crippen molar-refractivity contribution in [1.82, 2.24) is 4.90 Å². The fourth-order valence-corrected chi connectivity index (χ4v) is 4.12. The van der Waals surface area contributed by atoms with Gasteiger partial charge in [0.25, 0.3) is 0 Å². The second-order valence-corrected chi connectivity index (χ2v) is 7.70. The summed E-state index contributed by atoms with van der Waals surface area (Å²) >= 11 is 0. The van der Waals surface area contributed by atoms with Gasteiger partial charge in [-0.25, -0.2) is 0 Å². The summed E-state index contributed by atoms with van der Waals surface area (Å²) in [5.74, 6) is 1.34. The predicted molar refractivity (Wildman–Crippen MR) is 91.3 cm³/mol. The highest BCUT2D eigenvalue weighted by Crippen LogP contribution is 2.44. The Morgan fingerprint density at radius 1 is 1.18 bits per heavy atom. The van der Waals surface area contributed by atoms with E-state index in [1.165, 1.54) is 49.0 Å². The van der Waals surface area contributed by atoms with Crippen LogP contribution in [0.3, 0.4) is 0 Å². The molecule has 1 aromatic rings. The largest absolute Gasteiger partial charge is 0.487 e. The molecule has 2 unspecified atom stereocenters. The lowest BCUT2D eigenvalue weighted by molar-refractivity contribution is -0.00972. The van der Waals surface area contributed by atoms with E-state index >= 15 is 0 Å². The quantitative estimate of drug-likeness (QED) is 0.907. The van der Waals surface area contributed by atoms with Crippen LogP contribution in [0.15, 0.2) is 12.1 Å². The van der Waals surface area contributed by atoms with Gasteiger partial charge in [-0.15, -0.1) is 0 Å². The Hall–Kier alpha value is -1.06. The van der Waals surface area contributed by atoms with Crippen molar-refractivity contribution in [3.8, 4) is 5.75 Å². The van der Waals surface area contributed by atoms with Gasteiger partial charge in [-0.2, -0.15) is 0 Å². The second-order valence-electron chi connectivity index (χ2n) is 7.70. The molecule has 2 aliphatic rings. The molecule has 0 spiro atoms. The molecule has 2 heterocycles. The average Bonchev–Trinajstić information content (AvgIpc) is 2.46. The first-order chi connectivity index (χ1) is 10.4. The normalized spacial score (nSPS) is 28.0. The number of rotatable bonds is 2. The van der Waals surface area contributed by atoms with Gasteiger partial charge in [0, 0.05) is 24.1 Å². The van der Waals surface area contributed by atoms with Crippen LogP contribution in [0.1, 0.15) is 55.8 Å². The molecule has 22 heavy (non-hydrogen) atoms. The lowest BCUT2D eigenvalue weighted by atomic mass is 9.77. The summed E-state index contributed by atoms with van der Waals surface area (Å²) in [4.78, 5) is 2.58. The number of piperidine rings is 1. The first kappa shape index (κ1) is 15.8. The second kappa shape index (κ2) is 5.86. The number of nitrogens with zero attached hydrogens (tertiary/aromatic N) is 1. The van der Waals surface area contributed by atoms with E-state index in [1.54, 1.807) is 0 Å². The fourth-order valence-electron chi connectivity index (χ4n) is 4.12. The van der Waals surface area contributed by atoms with Crippen LogP contribution >= 0.6 is 0 Å². The molecule has 1 aromatic carbocycles. The third-order valence-corrected chi connectivity index (χ3v) is 5.40. The standard InChI is InChI=1S/C19H30N2O/c1-13-10-14(2)18-15(11-13)17(20)16(19(3,4)22-18)12-21-8-6-5-7-9-21/h10-11,16-17H,5-9,12,20H2,1-4H3. The average molecular weight is 302 g/mol. The number of hydrogen-bond acceptors (Lipinski definition) is 3. The Morgan fingerprint density at radius 2 is 1.86 bits per heavy atom. The van der Waals surface area contributed by atoms with E-state index in [4.69, 9.17) is 10.5 Å². The van der Waals surface area contributed by atoms with Gasteiger partial charge in [0.2, 0.25) is 0 Å². The number of aryl methyl sites for hydroxylation is 2. The van der Waals surface area contributed by atoms with Gasteiger partial charge in [-0.3, -0.25) is 0 Å². The molecule has 2 atom stereocenters. The fraction of sp³-hybridized carbons (Fsp3) is 0.684. The highest BCUT2D eigenvalue weighted by molar-refractivity contribution is 5.47. The third-order valence-electron chi connectivity index (χ3n) is 5.40. The Labute approximate surface area is 134 Å². The number of ether oxygens (including phenoxy) is 1. The minimum atomic E-state index is -0.218. The minimum Gasteiger partial charge on any atom is -0.487 e. The predicted octanol–water partition coefficient (Wildman–Crippen LogP) is 3.58. The number of fused-ring (bicyclic) bond motifs is 1. The topological polar surface area (TPSA) is 38.5 Å². The van der Waals surface area contributed by atoms with Gasteiger partial charge >= 0.3 is 0 Å². The zero-order chi connectivity index (χ0) is 15.9. The summed E-state index contributed by atoms with van der Waals surface area (Å²) in [6.07, 6.45) is 4.00. The number of nitrogens with two attached hydrogens (primary N) is 1. The first-order valence-electron chi connectivity index (χ1n) is 8.66. The van der Waals surface area contributed by atoms with Crippen LogP contribution in [0.5, 0.6) is 5.75 Å². The van der Waals surface area contributed by atoms with E-state index in [0.717, 1.165) is 12.3 Å². The van der Waals surface area contributed by atoms with Gasteiger partial charge < -0.3 is 15.4 Å². The summed E-state index contributed by atoms with van der Waals surface area (Å²) in [5, 5.41) is 0. The van der Waals surface area contributed by atoms with Crippen molar-refractivity contribution in [2.45, 2.75) is 58.6 Å². The van der Waals surface area contributed by atoms with E-state index in [1.807, 2.05) is 0 Å². The van der Waals surface area contributed by atoms with Crippen molar-refractivity contribution in [3.63, 3.8) is 0 Å². The Morgan fingerprint density at radius 3 is 2.55 bits per heavy atom. The van der Waals surface area contributed by atoms with E-state index in [-0.39, 0.29) is 11.6 Å². The van der Waals surface area contributed by atoms with Crippen LogP contribution in [0.4, 0.5) is 0 Å². The van der Waals surface area contributed by atoms with Crippen LogP contribution in [0.25, 0.3) is 0 Å². The summed E-state index contributed by atoms with van der Waals surface area (Å²) in [6.45, 7) is 12.1. The molecule has 3 heteroatoms. The van der Waals surface area contributed by atoms with Crippen molar-refractivity contribution in [1.29, 1.82) is 0 Å². The molecule has 0 amide bonds. The molecule has 122 valence electrons. The van der Waals surface area contributed by atoms with Crippen molar-refractivity contribution >= 4 is 0 Å². The van der Waals surface area contributed by atoms with E-state index in [2.05, 4.69) is 44.7 Å². The lowest BCUT2D eigenvalue weighted by Crippen LogP contribution is -2.52. The van der Waals surface area contributed by atoms with Gasteiger partial charge in [0.1, 0.15) is 11.4 Å². The van der Waals surface area contributed by atoms with Gasteiger partial charge in [-0.1, -0.05) is 24.1 Å².